The Bertz CT molecular complexity index is 513. The van der Waals surface area contributed by atoms with Gasteiger partial charge < -0.3 is 5.32 Å². The van der Waals surface area contributed by atoms with Crippen LogP contribution in [0.4, 0.5) is 5.82 Å². The van der Waals surface area contributed by atoms with Gasteiger partial charge in [0.05, 0.1) is 0 Å². The smallest absolute Gasteiger partial charge is 0.240 e. The summed E-state index contributed by atoms with van der Waals surface area (Å²) in [5, 5.41) is 2.42. The zero-order chi connectivity index (χ0) is 12.3. The number of halogens is 1. The number of hydrogen-bond donors (Lipinski definition) is 1. The van der Waals surface area contributed by atoms with Crippen LogP contribution in [0.2, 0.25) is 0 Å². The molecule has 7 heteroatoms. The maximum Gasteiger partial charge on any atom is 0.240 e. The molecule has 0 aromatic carbocycles. The predicted molar refractivity (Wildman–Crippen MR) is 65.0 cm³/mol. The average Bonchev–Trinajstić information content (AvgIpc) is 2.08. The van der Waals surface area contributed by atoms with Crippen molar-refractivity contribution in [2.24, 2.45) is 0 Å². The molecule has 0 radical (unpaired) electrons. The molecule has 0 aliphatic carbocycles. The topological polar surface area (TPSA) is 76.1 Å². The highest BCUT2D eigenvalue weighted by atomic mass is 79.9. The van der Waals surface area contributed by atoms with Gasteiger partial charge in [0, 0.05) is 16.9 Å². The lowest BCUT2D eigenvalue weighted by Crippen LogP contribution is -2.22. The Morgan fingerprint density at radius 1 is 1.56 bits per heavy atom. The van der Waals surface area contributed by atoms with E-state index in [9.17, 15) is 13.2 Å². The minimum Gasteiger partial charge on any atom is -0.310 e. The van der Waals surface area contributed by atoms with E-state index in [1.807, 2.05) is 6.92 Å². The summed E-state index contributed by atoms with van der Waals surface area (Å²) in [6, 6.07) is 1.66. The molecule has 1 heterocycles. The van der Waals surface area contributed by atoms with Crippen molar-refractivity contribution in [3.05, 3.63) is 22.3 Å². The summed E-state index contributed by atoms with van der Waals surface area (Å²) in [5.74, 6) is -0.782. The van der Waals surface area contributed by atoms with Crippen molar-refractivity contribution in [1.82, 2.24) is 4.98 Å². The Labute approximate surface area is 102 Å². The molecular weight excluding hydrogens is 296 g/mol. The Balaban J connectivity index is 2.74. The molecule has 88 valence electrons. The fraction of sp³-hybridized carbons (Fsp3) is 0.333. The maximum atomic E-state index is 11.3. The van der Waals surface area contributed by atoms with E-state index in [0.717, 1.165) is 16.3 Å². The number of aryl methyl sites for hydroxylation is 1. The number of nitrogens with one attached hydrogen (secondary N) is 1. The Kier molecular flexibility index (Phi) is 4.03. The zero-order valence-corrected chi connectivity index (χ0v) is 11.2. The van der Waals surface area contributed by atoms with Crippen LogP contribution in [0.1, 0.15) is 5.56 Å². The second kappa shape index (κ2) is 4.92. The second-order valence-corrected chi connectivity index (χ2v) is 6.43. The number of amides is 1. The molecule has 0 saturated heterocycles. The first-order chi connectivity index (χ1) is 7.28. The van der Waals surface area contributed by atoms with E-state index in [4.69, 9.17) is 0 Å². The SMILES string of the molecule is Cc1cc(NC(=O)CS(C)(=O)=O)ncc1Br. The van der Waals surface area contributed by atoms with Crippen LogP contribution in [-0.2, 0) is 14.6 Å². The number of nitrogens with zero attached hydrogens (tertiary/aromatic N) is 1. The third-order valence-corrected chi connectivity index (χ3v) is 3.32. The standard InChI is InChI=1S/C9H11BrN2O3S/c1-6-3-8(11-4-7(6)10)12-9(13)5-16(2,14)15/h3-4H,5H2,1-2H3,(H,11,12,13). The van der Waals surface area contributed by atoms with Crippen molar-refractivity contribution in [2.45, 2.75) is 6.92 Å². The molecule has 0 spiro atoms. The lowest BCUT2D eigenvalue weighted by molar-refractivity contribution is -0.113. The summed E-state index contributed by atoms with van der Waals surface area (Å²) >= 11 is 3.27. The molecule has 16 heavy (non-hydrogen) atoms. The molecular formula is C9H11BrN2O3S. The van der Waals surface area contributed by atoms with Gasteiger partial charge in [0.2, 0.25) is 5.91 Å². The molecule has 0 unspecified atom stereocenters. The summed E-state index contributed by atoms with van der Waals surface area (Å²) in [6.07, 6.45) is 2.55. The van der Waals surface area contributed by atoms with E-state index in [2.05, 4.69) is 26.2 Å². The van der Waals surface area contributed by atoms with E-state index < -0.39 is 21.5 Å². The molecule has 0 bridgehead atoms. The van der Waals surface area contributed by atoms with Crippen LogP contribution in [0, 0.1) is 6.92 Å². The maximum absolute atomic E-state index is 11.3. The van der Waals surface area contributed by atoms with Crippen molar-refractivity contribution in [1.29, 1.82) is 0 Å². The third-order valence-electron chi connectivity index (χ3n) is 1.71. The third kappa shape index (κ3) is 4.28. The van der Waals surface area contributed by atoms with E-state index in [1.54, 1.807) is 12.3 Å². The lowest BCUT2D eigenvalue weighted by Gasteiger charge is -2.05. The molecule has 0 aliphatic heterocycles. The number of sulfone groups is 1. The van der Waals surface area contributed by atoms with Crippen LogP contribution in [0.5, 0.6) is 0 Å². The summed E-state index contributed by atoms with van der Waals surface area (Å²) in [7, 11) is -3.31. The summed E-state index contributed by atoms with van der Waals surface area (Å²) < 4.78 is 22.6. The van der Waals surface area contributed by atoms with Gasteiger partial charge in [-0.15, -0.1) is 0 Å². The quantitative estimate of drug-likeness (QED) is 0.908. The molecule has 1 aromatic rings. The number of hydrogen-bond acceptors (Lipinski definition) is 4. The van der Waals surface area contributed by atoms with Gasteiger partial charge in [-0.05, 0) is 34.5 Å². The minimum absolute atomic E-state index is 0.342. The molecule has 0 atom stereocenters. The Hall–Kier alpha value is -0.950. The van der Waals surface area contributed by atoms with Gasteiger partial charge in [0.25, 0.3) is 0 Å². The van der Waals surface area contributed by atoms with Gasteiger partial charge in [-0.1, -0.05) is 0 Å². The first-order valence-electron chi connectivity index (χ1n) is 4.37. The molecule has 1 aromatic heterocycles. The van der Waals surface area contributed by atoms with Crippen LogP contribution in [-0.4, -0.2) is 31.3 Å². The average molecular weight is 307 g/mol. The lowest BCUT2D eigenvalue weighted by atomic mass is 10.3. The van der Waals surface area contributed by atoms with Crippen molar-refractivity contribution >= 4 is 37.5 Å². The summed E-state index contributed by atoms with van der Waals surface area (Å²) in [6.45, 7) is 1.85. The molecule has 0 saturated carbocycles. The minimum atomic E-state index is -3.31. The van der Waals surface area contributed by atoms with Crippen LogP contribution in [0.25, 0.3) is 0 Å². The first kappa shape index (κ1) is 13.1. The van der Waals surface area contributed by atoms with Crippen molar-refractivity contribution in [2.75, 3.05) is 17.3 Å². The summed E-state index contributed by atoms with van der Waals surface area (Å²) in [4.78, 5) is 15.2. The highest BCUT2D eigenvalue weighted by molar-refractivity contribution is 9.10. The second-order valence-electron chi connectivity index (χ2n) is 3.44. The van der Waals surface area contributed by atoms with Crippen molar-refractivity contribution < 1.29 is 13.2 Å². The molecule has 5 nitrogen and oxygen atoms in total. The number of aromatic nitrogens is 1. The van der Waals surface area contributed by atoms with Crippen molar-refractivity contribution in [3.8, 4) is 0 Å². The Morgan fingerprint density at radius 3 is 2.69 bits per heavy atom. The highest BCUT2D eigenvalue weighted by Gasteiger charge is 2.11. The van der Waals surface area contributed by atoms with E-state index in [0.29, 0.717) is 5.82 Å². The fourth-order valence-electron chi connectivity index (χ4n) is 1.02. The summed E-state index contributed by atoms with van der Waals surface area (Å²) in [5.41, 5.74) is 0.907. The van der Waals surface area contributed by atoms with E-state index >= 15 is 0 Å². The molecule has 0 aliphatic rings. The van der Waals surface area contributed by atoms with E-state index in [1.165, 1.54) is 0 Å². The van der Waals surface area contributed by atoms with Gasteiger partial charge in [-0.3, -0.25) is 4.79 Å². The normalized spacial score (nSPS) is 11.2. The van der Waals surface area contributed by atoms with Gasteiger partial charge in [-0.2, -0.15) is 0 Å². The predicted octanol–water partition coefficient (Wildman–Crippen LogP) is 1.14. The fourth-order valence-corrected chi connectivity index (χ4v) is 1.79. The van der Waals surface area contributed by atoms with Gasteiger partial charge in [0.15, 0.2) is 9.84 Å². The van der Waals surface area contributed by atoms with Crippen LogP contribution < -0.4 is 5.32 Å². The molecule has 1 rings (SSSR count). The van der Waals surface area contributed by atoms with Gasteiger partial charge in [-0.25, -0.2) is 13.4 Å². The van der Waals surface area contributed by atoms with Gasteiger partial charge in [0.1, 0.15) is 11.6 Å². The van der Waals surface area contributed by atoms with Gasteiger partial charge >= 0.3 is 0 Å². The zero-order valence-electron chi connectivity index (χ0n) is 8.82. The molecule has 1 amide bonds. The van der Waals surface area contributed by atoms with Crippen LogP contribution in [0.15, 0.2) is 16.7 Å². The Morgan fingerprint density at radius 2 is 2.19 bits per heavy atom. The molecule has 0 fully saturated rings. The van der Waals surface area contributed by atoms with Crippen LogP contribution in [0.3, 0.4) is 0 Å². The first-order valence-corrected chi connectivity index (χ1v) is 7.23. The largest absolute Gasteiger partial charge is 0.310 e. The highest BCUT2D eigenvalue weighted by Crippen LogP contribution is 2.17. The number of pyridine rings is 1. The number of rotatable bonds is 3. The molecule has 1 N–H and O–H groups in total. The number of anilines is 1. The van der Waals surface area contributed by atoms with Crippen molar-refractivity contribution in [3.63, 3.8) is 0 Å². The van der Waals surface area contributed by atoms with E-state index in [-0.39, 0.29) is 0 Å². The monoisotopic (exact) mass is 306 g/mol. The number of carbonyl (C=O) groups excluding carboxylic acids is 1. The number of carbonyl (C=O) groups is 1. The van der Waals surface area contributed by atoms with Crippen LogP contribution >= 0.6 is 15.9 Å².